The fraction of sp³-hybridized carbons (Fsp3) is 0.312. The van der Waals surface area contributed by atoms with E-state index in [0.29, 0.717) is 6.61 Å². The van der Waals surface area contributed by atoms with E-state index in [-0.39, 0.29) is 0 Å². The normalized spacial score (nSPS) is 11.3. The van der Waals surface area contributed by atoms with Crippen molar-refractivity contribution < 1.29 is 4.74 Å². The second-order valence-corrected chi connectivity index (χ2v) is 4.44. The summed E-state index contributed by atoms with van der Waals surface area (Å²) in [6.07, 6.45) is 6.35. The minimum atomic E-state index is 0.649. The number of ether oxygens (including phenoxy) is 1. The number of pyridine rings is 1. The molecule has 1 heterocycles. The van der Waals surface area contributed by atoms with Gasteiger partial charge in [0.2, 0.25) is 0 Å². The van der Waals surface area contributed by atoms with E-state index in [4.69, 9.17) is 10.5 Å². The van der Waals surface area contributed by atoms with Gasteiger partial charge in [0.05, 0.1) is 17.8 Å². The molecule has 3 heteroatoms. The summed E-state index contributed by atoms with van der Waals surface area (Å²) in [5.41, 5.74) is 8.64. The van der Waals surface area contributed by atoms with E-state index in [0.717, 1.165) is 40.9 Å². The van der Waals surface area contributed by atoms with E-state index >= 15 is 0 Å². The van der Waals surface area contributed by atoms with Crippen molar-refractivity contribution in [3.63, 3.8) is 0 Å². The predicted octanol–water partition coefficient (Wildman–Crippen LogP) is 4.03. The second kappa shape index (κ2) is 6.23. The molecule has 100 valence electrons. The number of nitrogens with zero attached hydrogens (tertiary/aromatic N) is 1. The highest BCUT2D eigenvalue weighted by Gasteiger charge is 2.03. The van der Waals surface area contributed by atoms with Gasteiger partial charge in [0, 0.05) is 11.1 Å². The van der Waals surface area contributed by atoms with Gasteiger partial charge < -0.3 is 10.5 Å². The third-order valence-electron chi connectivity index (χ3n) is 2.89. The van der Waals surface area contributed by atoms with Gasteiger partial charge in [-0.15, -0.1) is 0 Å². The van der Waals surface area contributed by atoms with Crippen LogP contribution in [0, 0.1) is 0 Å². The van der Waals surface area contributed by atoms with Crippen LogP contribution in [0.1, 0.15) is 32.4 Å². The zero-order valence-corrected chi connectivity index (χ0v) is 11.5. The highest BCUT2D eigenvalue weighted by molar-refractivity contribution is 5.92. The van der Waals surface area contributed by atoms with E-state index in [2.05, 4.69) is 18.0 Å². The summed E-state index contributed by atoms with van der Waals surface area (Å²) in [4.78, 5) is 4.59. The van der Waals surface area contributed by atoms with Gasteiger partial charge in [-0.05, 0) is 43.7 Å². The Balaban J connectivity index is 2.38. The van der Waals surface area contributed by atoms with Crippen LogP contribution >= 0.6 is 0 Å². The predicted molar refractivity (Wildman–Crippen MR) is 81.3 cm³/mol. The molecule has 0 radical (unpaired) electrons. The molecular weight excluding hydrogens is 236 g/mol. The number of fused-ring (bicyclic) bond motifs is 1. The lowest BCUT2D eigenvalue weighted by atomic mass is 10.1. The minimum absolute atomic E-state index is 0.649. The Labute approximate surface area is 114 Å². The fourth-order valence-electron chi connectivity index (χ4n) is 1.96. The molecule has 2 aromatic rings. The summed E-state index contributed by atoms with van der Waals surface area (Å²) in [6, 6.07) is 7.73. The molecule has 0 unspecified atom stereocenters. The molecule has 3 nitrogen and oxygen atoms in total. The average molecular weight is 256 g/mol. The summed E-state index contributed by atoms with van der Waals surface area (Å²) in [5, 5.41) is 0.943. The van der Waals surface area contributed by atoms with Crippen LogP contribution < -0.4 is 10.5 Å². The standard InChI is InChI=1S/C16H20N2O/c1-3-5-6-7-12-10-15(17)14-11-13(19-4-2)8-9-16(14)18-12/h6-11H,3-5H2,1-2H3,(H2,17,18). The van der Waals surface area contributed by atoms with Gasteiger partial charge in [-0.1, -0.05) is 19.4 Å². The zero-order valence-electron chi connectivity index (χ0n) is 11.5. The van der Waals surface area contributed by atoms with Crippen LogP contribution in [-0.2, 0) is 0 Å². The number of rotatable bonds is 5. The molecule has 2 rings (SSSR count). The smallest absolute Gasteiger partial charge is 0.120 e. The molecular formula is C16H20N2O. The van der Waals surface area contributed by atoms with E-state index in [1.807, 2.05) is 37.3 Å². The van der Waals surface area contributed by atoms with Crippen LogP contribution in [0.4, 0.5) is 5.69 Å². The Morgan fingerprint density at radius 1 is 1.26 bits per heavy atom. The van der Waals surface area contributed by atoms with Gasteiger partial charge in [0.25, 0.3) is 0 Å². The molecule has 1 aromatic carbocycles. The summed E-state index contributed by atoms with van der Waals surface area (Å²) >= 11 is 0. The van der Waals surface area contributed by atoms with Crippen LogP contribution in [0.2, 0.25) is 0 Å². The number of unbranched alkanes of at least 4 members (excludes halogenated alkanes) is 1. The molecule has 0 atom stereocenters. The quantitative estimate of drug-likeness (QED) is 0.878. The maximum atomic E-state index is 6.10. The Kier molecular flexibility index (Phi) is 4.39. The molecule has 0 fully saturated rings. The number of nitrogens with two attached hydrogens (primary N) is 1. The fourth-order valence-corrected chi connectivity index (χ4v) is 1.96. The number of hydrogen-bond donors (Lipinski definition) is 1. The maximum Gasteiger partial charge on any atom is 0.120 e. The highest BCUT2D eigenvalue weighted by Crippen LogP contribution is 2.25. The van der Waals surface area contributed by atoms with E-state index < -0.39 is 0 Å². The van der Waals surface area contributed by atoms with Crippen molar-refractivity contribution >= 4 is 22.7 Å². The SMILES string of the molecule is CCCC=Cc1cc(N)c2cc(OCC)ccc2n1. The summed E-state index contributed by atoms with van der Waals surface area (Å²) in [5.74, 6) is 0.831. The van der Waals surface area contributed by atoms with E-state index in [9.17, 15) is 0 Å². The topological polar surface area (TPSA) is 48.1 Å². The number of allylic oxidation sites excluding steroid dienone is 1. The third kappa shape index (κ3) is 3.25. The largest absolute Gasteiger partial charge is 0.494 e. The molecule has 0 saturated heterocycles. The minimum Gasteiger partial charge on any atom is -0.494 e. The Morgan fingerprint density at radius 3 is 2.84 bits per heavy atom. The van der Waals surface area contributed by atoms with Crippen molar-refractivity contribution in [2.75, 3.05) is 12.3 Å². The van der Waals surface area contributed by atoms with Gasteiger partial charge in [-0.25, -0.2) is 4.98 Å². The Bertz CT molecular complexity index is 591. The average Bonchev–Trinajstić information content (AvgIpc) is 2.40. The highest BCUT2D eigenvalue weighted by atomic mass is 16.5. The summed E-state index contributed by atoms with van der Waals surface area (Å²) in [7, 11) is 0. The molecule has 19 heavy (non-hydrogen) atoms. The molecule has 0 aliphatic carbocycles. The molecule has 0 bridgehead atoms. The van der Waals surface area contributed by atoms with Crippen molar-refractivity contribution in [2.24, 2.45) is 0 Å². The van der Waals surface area contributed by atoms with Gasteiger partial charge in [-0.3, -0.25) is 0 Å². The van der Waals surface area contributed by atoms with Gasteiger partial charge in [-0.2, -0.15) is 0 Å². The number of anilines is 1. The number of benzene rings is 1. The monoisotopic (exact) mass is 256 g/mol. The van der Waals surface area contributed by atoms with Crippen molar-refractivity contribution in [3.8, 4) is 5.75 Å². The zero-order chi connectivity index (χ0) is 13.7. The lowest BCUT2D eigenvalue weighted by Crippen LogP contribution is -1.95. The van der Waals surface area contributed by atoms with Gasteiger partial charge in [0.15, 0.2) is 0 Å². The first-order valence-corrected chi connectivity index (χ1v) is 6.74. The van der Waals surface area contributed by atoms with Crippen molar-refractivity contribution in [2.45, 2.75) is 26.7 Å². The Hall–Kier alpha value is -2.03. The van der Waals surface area contributed by atoms with E-state index in [1.54, 1.807) is 0 Å². The summed E-state index contributed by atoms with van der Waals surface area (Å²) in [6.45, 7) is 4.77. The van der Waals surface area contributed by atoms with E-state index in [1.165, 1.54) is 0 Å². The van der Waals surface area contributed by atoms with Crippen LogP contribution in [0.3, 0.4) is 0 Å². The molecule has 2 N–H and O–H groups in total. The first-order chi connectivity index (χ1) is 9.24. The number of aromatic nitrogens is 1. The first-order valence-electron chi connectivity index (χ1n) is 6.74. The van der Waals surface area contributed by atoms with Gasteiger partial charge >= 0.3 is 0 Å². The maximum absolute atomic E-state index is 6.10. The van der Waals surface area contributed by atoms with Crippen LogP contribution in [0.15, 0.2) is 30.3 Å². The van der Waals surface area contributed by atoms with Crippen molar-refractivity contribution in [1.29, 1.82) is 0 Å². The number of nitrogen functional groups attached to an aromatic ring is 1. The molecule has 0 aliphatic heterocycles. The third-order valence-corrected chi connectivity index (χ3v) is 2.89. The molecule has 0 amide bonds. The molecule has 0 saturated carbocycles. The van der Waals surface area contributed by atoms with Crippen LogP contribution in [0.5, 0.6) is 5.75 Å². The molecule has 1 aromatic heterocycles. The second-order valence-electron chi connectivity index (χ2n) is 4.44. The van der Waals surface area contributed by atoms with Crippen molar-refractivity contribution in [1.82, 2.24) is 4.98 Å². The lowest BCUT2D eigenvalue weighted by molar-refractivity contribution is 0.340. The molecule has 0 aliphatic rings. The summed E-state index contributed by atoms with van der Waals surface area (Å²) < 4.78 is 5.48. The lowest BCUT2D eigenvalue weighted by Gasteiger charge is -2.07. The molecule has 0 spiro atoms. The van der Waals surface area contributed by atoms with Crippen LogP contribution in [-0.4, -0.2) is 11.6 Å². The first kappa shape index (κ1) is 13.4. The van der Waals surface area contributed by atoms with Gasteiger partial charge in [0.1, 0.15) is 5.75 Å². The number of hydrogen-bond acceptors (Lipinski definition) is 3. The Morgan fingerprint density at radius 2 is 2.11 bits per heavy atom. The van der Waals surface area contributed by atoms with Crippen molar-refractivity contribution in [3.05, 3.63) is 36.0 Å². The van der Waals surface area contributed by atoms with Crippen LogP contribution in [0.25, 0.3) is 17.0 Å².